The molecule has 0 aromatic heterocycles. The van der Waals surface area contributed by atoms with Gasteiger partial charge in [0.2, 0.25) is 0 Å². The molecule has 0 aliphatic rings. The molecule has 0 aliphatic heterocycles. The van der Waals surface area contributed by atoms with Gasteiger partial charge in [-0.2, -0.15) is 0 Å². The first-order valence-corrected chi connectivity index (χ1v) is 10.3. The molecule has 140 valence electrons. The van der Waals surface area contributed by atoms with Crippen molar-refractivity contribution in [3.05, 3.63) is 28.7 Å². The van der Waals surface area contributed by atoms with Gasteiger partial charge in [-0.05, 0) is 30.7 Å². The first-order valence-electron chi connectivity index (χ1n) is 9.48. The van der Waals surface area contributed by atoms with Crippen molar-refractivity contribution in [2.75, 3.05) is 11.9 Å². The highest BCUT2D eigenvalue weighted by Crippen LogP contribution is 2.14. The third-order valence-electron chi connectivity index (χ3n) is 4.12. The summed E-state index contributed by atoms with van der Waals surface area (Å²) in [7, 11) is 0. The zero-order valence-electron chi connectivity index (χ0n) is 15.3. The van der Waals surface area contributed by atoms with Gasteiger partial charge < -0.3 is 10.6 Å². The maximum Gasteiger partial charge on any atom is 0.313 e. The highest BCUT2D eigenvalue weighted by Gasteiger charge is 2.12. The fraction of sp³-hybridized carbons (Fsp3) is 0.600. The zero-order valence-corrected chi connectivity index (χ0v) is 16.9. The first-order chi connectivity index (χ1) is 12.1. The van der Waals surface area contributed by atoms with Crippen molar-refractivity contribution < 1.29 is 9.59 Å². The Bertz CT molecular complexity index is 503. The number of hydrogen-bond donors (Lipinski definition) is 2. The van der Waals surface area contributed by atoms with E-state index in [2.05, 4.69) is 33.5 Å². The normalized spacial score (nSPS) is 10.5. The second kappa shape index (κ2) is 13.9. The second-order valence-electron chi connectivity index (χ2n) is 6.40. The lowest BCUT2D eigenvalue weighted by Crippen LogP contribution is -2.35. The van der Waals surface area contributed by atoms with Crippen LogP contribution in [0, 0.1) is 0 Å². The highest BCUT2D eigenvalue weighted by molar-refractivity contribution is 9.10. The molecule has 2 N–H and O–H groups in total. The van der Waals surface area contributed by atoms with E-state index in [-0.39, 0.29) is 0 Å². The number of nitrogens with one attached hydrogen (secondary N) is 2. The van der Waals surface area contributed by atoms with Crippen molar-refractivity contribution in [2.45, 2.75) is 71.1 Å². The van der Waals surface area contributed by atoms with Crippen molar-refractivity contribution in [2.24, 2.45) is 0 Å². The lowest BCUT2D eigenvalue weighted by Gasteiger charge is -2.07. The quantitative estimate of drug-likeness (QED) is 0.356. The summed E-state index contributed by atoms with van der Waals surface area (Å²) in [4.78, 5) is 23.5. The third kappa shape index (κ3) is 11.0. The maximum absolute atomic E-state index is 11.8. The lowest BCUT2D eigenvalue weighted by atomic mass is 10.1. The van der Waals surface area contributed by atoms with E-state index < -0.39 is 11.8 Å². The van der Waals surface area contributed by atoms with E-state index >= 15 is 0 Å². The Labute approximate surface area is 160 Å². The summed E-state index contributed by atoms with van der Waals surface area (Å²) in [5, 5.41) is 5.27. The Morgan fingerprint density at radius 3 is 1.88 bits per heavy atom. The number of anilines is 1. The van der Waals surface area contributed by atoms with Crippen molar-refractivity contribution in [3.63, 3.8) is 0 Å². The van der Waals surface area contributed by atoms with E-state index in [0.717, 1.165) is 17.3 Å². The Kier molecular flexibility index (Phi) is 12.0. The summed E-state index contributed by atoms with van der Waals surface area (Å²) < 4.78 is 0.927. The average Bonchev–Trinajstić information content (AvgIpc) is 2.61. The molecule has 0 atom stereocenters. The van der Waals surface area contributed by atoms with Crippen LogP contribution in [-0.4, -0.2) is 18.4 Å². The number of halogens is 1. The predicted octanol–water partition coefficient (Wildman–Crippen LogP) is 5.42. The second-order valence-corrected chi connectivity index (χ2v) is 7.31. The van der Waals surface area contributed by atoms with Crippen LogP contribution in [0.3, 0.4) is 0 Å². The van der Waals surface area contributed by atoms with Crippen molar-refractivity contribution in [1.82, 2.24) is 5.32 Å². The maximum atomic E-state index is 11.8. The Morgan fingerprint density at radius 1 is 0.800 bits per heavy atom. The van der Waals surface area contributed by atoms with Crippen molar-refractivity contribution in [3.8, 4) is 0 Å². The Hall–Kier alpha value is -1.36. The molecule has 0 unspecified atom stereocenters. The number of unbranched alkanes of at least 4 members (excludes halogenated alkanes) is 9. The molecule has 0 saturated carbocycles. The first kappa shape index (κ1) is 21.7. The highest BCUT2D eigenvalue weighted by atomic mass is 79.9. The molecule has 4 nitrogen and oxygen atoms in total. The molecule has 0 heterocycles. The minimum absolute atomic E-state index is 0.559. The molecule has 5 heteroatoms. The smallest absolute Gasteiger partial charge is 0.313 e. The molecule has 0 aliphatic carbocycles. The summed E-state index contributed by atoms with van der Waals surface area (Å²) >= 11 is 3.33. The van der Waals surface area contributed by atoms with Gasteiger partial charge in [-0.3, -0.25) is 9.59 Å². The van der Waals surface area contributed by atoms with E-state index in [1.807, 2.05) is 12.1 Å². The molecule has 0 spiro atoms. The largest absolute Gasteiger partial charge is 0.348 e. The van der Waals surface area contributed by atoms with Crippen LogP contribution in [0.25, 0.3) is 0 Å². The molecule has 1 rings (SSSR count). The van der Waals surface area contributed by atoms with Crippen LogP contribution in [0.5, 0.6) is 0 Å². The van der Waals surface area contributed by atoms with Crippen molar-refractivity contribution in [1.29, 1.82) is 0 Å². The number of hydrogen-bond acceptors (Lipinski definition) is 2. The van der Waals surface area contributed by atoms with E-state index in [1.165, 1.54) is 51.4 Å². The summed E-state index contributed by atoms with van der Waals surface area (Å²) in [6.07, 6.45) is 12.5. The summed E-state index contributed by atoms with van der Waals surface area (Å²) in [6.45, 7) is 2.80. The molecule has 1 aromatic rings. The number of rotatable bonds is 12. The minimum Gasteiger partial charge on any atom is -0.348 e. The molecule has 2 amide bonds. The fourth-order valence-corrected chi connectivity index (χ4v) is 2.88. The molecule has 0 radical (unpaired) electrons. The zero-order chi connectivity index (χ0) is 18.3. The fourth-order valence-electron chi connectivity index (χ4n) is 2.62. The van der Waals surface area contributed by atoms with Crippen LogP contribution in [0.1, 0.15) is 71.1 Å². The van der Waals surface area contributed by atoms with E-state index in [0.29, 0.717) is 12.2 Å². The summed E-state index contributed by atoms with van der Waals surface area (Å²) in [5.41, 5.74) is 0.613. The van der Waals surface area contributed by atoms with Crippen LogP contribution in [0.15, 0.2) is 28.7 Å². The van der Waals surface area contributed by atoms with Gasteiger partial charge in [0.15, 0.2) is 0 Å². The number of carbonyl (C=O) groups is 2. The van der Waals surface area contributed by atoms with Crippen LogP contribution in [-0.2, 0) is 9.59 Å². The Morgan fingerprint density at radius 2 is 1.32 bits per heavy atom. The van der Waals surface area contributed by atoms with Gasteiger partial charge in [0.05, 0.1) is 0 Å². The lowest BCUT2D eigenvalue weighted by molar-refractivity contribution is -0.136. The van der Waals surface area contributed by atoms with Gasteiger partial charge in [-0.1, -0.05) is 80.6 Å². The molecule has 0 bridgehead atoms. The molecule has 0 saturated heterocycles. The monoisotopic (exact) mass is 410 g/mol. The summed E-state index contributed by atoms with van der Waals surface area (Å²) in [6, 6.07) is 7.13. The molecule has 1 aromatic carbocycles. The van der Waals surface area contributed by atoms with Gasteiger partial charge in [0.1, 0.15) is 0 Å². The van der Waals surface area contributed by atoms with Gasteiger partial charge in [-0.15, -0.1) is 0 Å². The van der Waals surface area contributed by atoms with Crippen LogP contribution >= 0.6 is 15.9 Å². The number of carbonyl (C=O) groups excluding carboxylic acids is 2. The van der Waals surface area contributed by atoms with E-state index in [9.17, 15) is 9.59 Å². The number of benzene rings is 1. The molecular formula is C20H31BrN2O2. The predicted molar refractivity (Wildman–Crippen MR) is 108 cm³/mol. The third-order valence-corrected chi connectivity index (χ3v) is 4.65. The molecule has 0 fully saturated rings. The van der Waals surface area contributed by atoms with Crippen LogP contribution < -0.4 is 10.6 Å². The van der Waals surface area contributed by atoms with Gasteiger partial charge in [-0.25, -0.2) is 0 Å². The average molecular weight is 411 g/mol. The summed E-state index contributed by atoms with van der Waals surface area (Å²) in [5.74, 6) is -1.19. The minimum atomic E-state index is -0.616. The van der Waals surface area contributed by atoms with Crippen LogP contribution in [0.4, 0.5) is 5.69 Å². The Balaban J connectivity index is 1.99. The van der Waals surface area contributed by atoms with Crippen LogP contribution in [0.2, 0.25) is 0 Å². The molecule has 25 heavy (non-hydrogen) atoms. The van der Waals surface area contributed by atoms with Gasteiger partial charge in [0.25, 0.3) is 0 Å². The number of amides is 2. The SMILES string of the molecule is CCCCCCCCCCCCNC(=O)C(=O)Nc1ccc(Br)cc1. The van der Waals surface area contributed by atoms with Gasteiger partial charge >= 0.3 is 11.8 Å². The van der Waals surface area contributed by atoms with Gasteiger partial charge in [0, 0.05) is 16.7 Å². The van der Waals surface area contributed by atoms with E-state index in [4.69, 9.17) is 0 Å². The van der Waals surface area contributed by atoms with E-state index in [1.54, 1.807) is 12.1 Å². The topological polar surface area (TPSA) is 58.2 Å². The molecular weight excluding hydrogens is 380 g/mol. The van der Waals surface area contributed by atoms with Crippen molar-refractivity contribution >= 4 is 33.4 Å². The standard InChI is InChI=1S/C20H31BrN2O2/c1-2-3-4-5-6-7-8-9-10-11-16-22-19(24)20(25)23-18-14-12-17(21)13-15-18/h12-15H,2-11,16H2,1H3,(H,22,24)(H,23,25).